The molecule has 1 aromatic carbocycles. The number of hydrogen-bond acceptors (Lipinski definition) is 4. The fourth-order valence-corrected chi connectivity index (χ4v) is 3.82. The Morgan fingerprint density at radius 1 is 1.30 bits per heavy atom. The molecule has 2 aromatic rings. The summed E-state index contributed by atoms with van der Waals surface area (Å²) in [5.74, 6) is 0.00867. The molecule has 20 heavy (non-hydrogen) atoms. The first-order valence-electron chi connectivity index (χ1n) is 6.11. The molecule has 0 atom stereocenters. The average Bonchev–Trinajstić information content (AvgIpc) is 2.74. The van der Waals surface area contributed by atoms with Crippen LogP contribution in [0.25, 0.3) is 0 Å². The van der Waals surface area contributed by atoms with E-state index in [-0.39, 0.29) is 10.9 Å². The van der Waals surface area contributed by atoms with Gasteiger partial charge in [-0.05, 0) is 19.1 Å². The van der Waals surface area contributed by atoms with Crippen molar-refractivity contribution in [2.75, 3.05) is 13.1 Å². The number of nitrogens with zero attached hydrogens (tertiary/aromatic N) is 4. The summed E-state index contributed by atoms with van der Waals surface area (Å²) in [5.41, 5.74) is 0. The van der Waals surface area contributed by atoms with Gasteiger partial charge in [-0.15, -0.1) is 10.2 Å². The molecule has 0 aliphatic carbocycles. The Kier molecular flexibility index (Phi) is 3.06. The van der Waals surface area contributed by atoms with Gasteiger partial charge in [-0.2, -0.15) is 4.31 Å². The Morgan fingerprint density at radius 3 is 2.60 bits per heavy atom. The number of halogens is 1. The van der Waals surface area contributed by atoms with Crippen LogP contribution in [0, 0.1) is 12.7 Å². The van der Waals surface area contributed by atoms with Crippen molar-refractivity contribution in [3.05, 3.63) is 42.2 Å². The molecular weight excluding hydrogens is 283 g/mol. The van der Waals surface area contributed by atoms with Crippen LogP contribution in [0.3, 0.4) is 0 Å². The molecule has 6 nitrogen and oxygen atoms in total. The highest BCUT2D eigenvalue weighted by molar-refractivity contribution is 7.89. The second-order valence-corrected chi connectivity index (χ2v) is 6.60. The van der Waals surface area contributed by atoms with E-state index in [0.717, 1.165) is 11.9 Å². The number of sulfonamides is 1. The molecule has 8 heteroatoms. The molecule has 1 aromatic heterocycles. The molecule has 3 rings (SSSR count). The van der Waals surface area contributed by atoms with Crippen LogP contribution in [0.1, 0.15) is 11.9 Å². The van der Waals surface area contributed by atoms with Gasteiger partial charge >= 0.3 is 0 Å². The van der Waals surface area contributed by atoms with Crippen molar-refractivity contribution in [1.29, 1.82) is 0 Å². The highest BCUT2D eigenvalue weighted by atomic mass is 32.2. The number of aromatic nitrogens is 3. The van der Waals surface area contributed by atoms with Gasteiger partial charge in [-0.25, -0.2) is 12.8 Å². The highest BCUT2D eigenvalue weighted by Gasteiger charge is 2.39. The molecule has 1 fully saturated rings. The van der Waals surface area contributed by atoms with Crippen LogP contribution >= 0.6 is 0 Å². The van der Waals surface area contributed by atoms with Crippen molar-refractivity contribution in [2.24, 2.45) is 0 Å². The van der Waals surface area contributed by atoms with Gasteiger partial charge in [0.25, 0.3) is 0 Å². The predicted molar refractivity (Wildman–Crippen MR) is 69.0 cm³/mol. The molecule has 106 valence electrons. The molecule has 2 heterocycles. The first-order chi connectivity index (χ1) is 9.50. The van der Waals surface area contributed by atoms with E-state index in [2.05, 4.69) is 10.2 Å². The minimum atomic E-state index is -3.77. The molecule has 0 saturated carbocycles. The molecule has 0 amide bonds. The van der Waals surface area contributed by atoms with Crippen molar-refractivity contribution >= 4 is 10.0 Å². The summed E-state index contributed by atoms with van der Waals surface area (Å²) in [7, 11) is -3.77. The third kappa shape index (κ3) is 2.01. The van der Waals surface area contributed by atoms with Gasteiger partial charge in [0.1, 0.15) is 22.9 Å². The van der Waals surface area contributed by atoms with E-state index in [1.165, 1.54) is 22.5 Å². The lowest BCUT2D eigenvalue weighted by atomic mass is 10.2. The summed E-state index contributed by atoms with van der Waals surface area (Å²) in [6.45, 7) is 2.41. The average molecular weight is 296 g/mol. The zero-order chi connectivity index (χ0) is 14.3. The van der Waals surface area contributed by atoms with E-state index in [1.54, 1.807) is 13.3 Å². The topological polar surface area (TPSA) is 68.1 Å². The standard InChI is InChI=1S/C12H13FN4O2S/c1-9-15-14-8-17(9)10-6-16(7-10)20(18,19)12-5-3-2-4-11(12)13/h2-5,8,10H,6-7H2,1H3. The van der Waals surface area contributed by atoms with Gasteiger partial charge in [-0.1, -0.05) is 12.1 Å². The fourth-order valence-electron chi connectivity index (χ4n) is 2.24. The van der Waals surface area contributed by atoms with Crippen molar-refractivity contribution in [2.45, 2.75) is 17.9 Å². The van der Waals surface area contributed by atoms with Gasteiger partial charge in [0.2, 0.25) is 10.0 Å². The Labute approximate surface area is 115 Å². The van der Waals surface area contributed by atoms with Crippen LogP contribution in [0.15, 0.2) is 35.5 Å². The quantitative estimate of drug-likeness (QED) is 0.846. The van der Waals surface area contributed by atoms with Crippen molar-refractivity contribution in [3.63, 3.8) is 0 Å². The molecule has 0 bridgehead atoms. The maximum Gasteiger partial charge on any atom is 0.246 e. The lowest BCUT2D eigenvalue weighted by Crippen LogP contribution is -2.50. The van der Waals surface area contributed by atoms with Crippen LogP contribution in [-0.2, 0) is 10.0 Å². The zero-order valence-electron chi connectivity index (χ0n) is 10.8. The lowest BCUT2D eigenvalue weighted by molar-refractivity contribution is 0.201. The third-order valence-corrected chi connectivity index (χ3v) is 5.29. The van der Waals surface area contributed by atoms with E-state index >= 15 is 0 Å². The van der Waals surface area contributed by atoms with Crippen LogP contribution in [0.2, 0.25) is 0 Å². The van der Waals surface area contributed by atoms with E-state index in [4.69, 9.17) is 0 Å². The van der Waals surface area contributed by atoms with E-state index in [1.807, 2.05) is 4.57 Å². The van der Waals surface area contributed by atoms with Gasteiger partial charge in [-0.3, -0.25) is 0 Å². The van der Waals surface area contributed by atoms with Crippen molar-refractivity contribution < 1.29 is 12.8 Å². The smallest absolute Gasteiger partial charge is 0.246 e. The van der Waals surface area contributed by atoms with E-state index in [9.17, 15) is 12.8 Å². The summed E-state index contributed by atoms with van der Waals surface area (Å²) < 4.78 is 41.3. The van der Waals surface area contributed by atoms with Crippen LogP contribution in [-0.4, -0.2) is 40.6 Å². The number of hydrogen-bond donors (Lipinski definition) is 0. The molecule has 1 aliphatic heterocycles. The monoisotopic (exact) mass is 296 g/mol. The second-order valence-electron chi connectivity index (χ2n) is 4.69. The molecule has 0 N–H and O–H groups in total. The lowest BCUT2D eigenvalue weighted by Gasteiger charge is -2.38. The molecule has 1 aliphatic rings. The minimum absolute atomic E-state index is 0.00606. The van der Waals surface area contributed by atoms with Crippen LogP contribution in [0.4, 0.5) is 4.39 Å². The molecule has 1 saturated heterocycles. The van der Waals surface area contributed by atoms with Crippen molar-refractivity contribution in [3.8, 4) is 0 Å². The first kappa shape index (κ1) is 13.2. The van der Waals surface area contributed by atoms with Crippen LogP contribution in [0.5, 0.6) is 0 Å². The molecule has 0 radical (unpaired) electrons. The summed E-state index contributed by atoms with van der Waals surface area (Å²) in [6.07, 6.45) is 1.58. The molecular formula is C12H13FN4O2S. The Bertz CT molecular complexity index is 737. The normalized spacial score (nSPS) is 17.1. The van der Waals surface area contributed by atoms with E-state index < -0.39 is 15.8 Å². The van der Waals surface area contributed by atoms with Crippen molar-refractivity contribution in [1.82, 2.24) is 19.1 Å². The maximum atomic E-state index is 13.6. The SMILES string of the molecule is Cc1nncn1C1CN(S(=O)(=O)c2ccccc2F)C1. The maximum absolute atomic E-state index is 13.6. The fraction of sp³-hybridized carbons (Fsp3) is 0.333. The summed E-state index contributed by atoms with van der Waals surface area (Å²) in [4.78, 5) is -0.279. The Hall–Kier alpha value is -1.80. The Balaban J connectivity index is 1.80. The highest BCUT2D eigenvalue weighted by Crippen LogP contribution is 2.29. The van der Waals surface area contributed by atoms with Gasteiger partial charge < -0.3 is 4.57 Å². The molecule has 0 unspecified atom stereocenters. The summed E-state index contributed by atoms with van der Waals surface area (Å²) in [5, 5.41) is 7.63. The Morgan fingerprint density at radius 2 is 2.00 bits per heavy atom. The van der Waals surface area contributed by atoms with Gasteiger partial charge in [0, 0.05) is 13.1 Å². The summed E-state index contributed by atoms with van der Waals surface area (Å²) in [6, 6.07) is 5.41. The largest absolute Gasteiger partial charge is 0.312 e. The van der Waals surface area contributed by atoms with Gasteiger partial charge in [0.05, 0.1) is 6.04 Å². The first-order valence-corrected chi connectivity index (χ1v) is 7.55. The number of aryl methyl sites for hydroxylation is 1. The van der Waals surface area contributed by atoms with E-state index in [0.29, 0.717) is 13.1 Å². The third-order valence-electron chi connectivity index (χ3n) is 3.43. The predicted octanol–water partition coefficient (Wildman–Crippen LogP) is 0.971. The molecule has 0 spiro atoms. The zero-order valence-corrected chi connectivity index (χ0v) is 11.6. The second kappa shape index (κ2) is 4.64. The van der Waals surface area contributed by atoms with Gasteiger partial charge in [0.15, 0.2) is 0 Å². The number of benzene rings is 1. The van der Waals surface area contributed by atoms with Crippen LogP contribution < -0.4 is 0 Å². The minimum Gasteiger partial charge on any atom is -0.312 e. The summed E-state index contributed by atoms with van der Waals surface area (Å²) >= 11 is 0. The number of rotatable bonds is 3.